The van der Waals surface area contributed by atoms with Crippen molar-refractivity contribution in [2.24, 2.45) is 0 Å². The van der Waals surface area contributed by atoms with Crippen LogP contribution in [0.3, 0.4) is 0 Å². The number of hydrogen-bond donors (Lipinski definition) is 1. The van der Waals surface area contributed by atoms with Gasteiger partial charge in [-0.05, 0) is 45.2 Å². The Bertz CT molecular complexity index is 498. The molecule has 122 valence electrons. The molecule has 1 unspecified atom stereocenters. The molecule has 22 heavy (non-hydrogen) atoms. The molecular weight excluding hydrogens is 296 g/mol. The Morgan fingerprint density at radius 3 is 2.50 bits per heavy atom. The number of rotatable bonds is 6. The lowest BCUT2D eigenvalue weighted by Gasteiger charge is -2.32. The van der Waals surface area contributed by atoms with Crippen LogP contribution in [-0.4, -0.2) is 29.4 Å². The van der Waals surface area contributed by atoms with E-state index >= 15 is 0 Å². The fourth-order valence-corrected chi connectivity index (χ4v) is 3.63. The Kier molecular flexibility index (Phi) is 6.27. The van der Waals surface area contributed by atoms with Crippen molar-refractivity contribution in [3.63, 3.8) is 0 Å². The highest BCUT2D eigenvalue weighted by atomic mass is 35.5. The standard InChI is InChI=1S/C18H27ClN2O/c1-13(2)21(15-8-4-5-9-15)12-18(22)20-14(3)16-10-6-7-11-17(16)19/h6-7,10-11,13-15H,4-5,8-9,12H2,1-3H3,(H,20,22). The molecule has 0 radical (unpaired) electrons. The van der Waals surface area contributed by atoms with Crippen molar-refractivity contribution in [2.45, 2.75) is 64.6 Å². The van der Waals surface area contributed by atoms with Crippen molar-refractivity contribution in [2.75, 3.05) is 6.54 Å². The Labute approximate surface area is 139 Å². The number of carbonyl (C=O) groups excluding carboxylic acids is 1. The third kappa shape index (κ3) is 4.47. The fourth-order valence-electron chi connectivity index (χ4n) is 3.33. The van der Waals surface area contributed by atoms with Gasteiger partial charge in [-0.25, -0.2) is 0 Å². The Morgan fingerprint density at radius 2 is 1.91 bits per heavy atom. The average Bonchev–Trinajstić information content (AvgIpc) is 2.98. The Morgan fingerprint density at radius 1 is 1.27 bits per heavy atom. The summed E-state index contributed by atoms with van der Waals surface area (Å²) in [6, 6.07) is 8.55. The van der Waals surface area contributed by atoms with E-state index in [2.05, 4.69) is 24.1 Å². The van der Waals surface area contributed by atoms with E-state index in [1.807, 2.05) is 31.2 Å². The van der Waals surface area contributed by atoms with Gasteiger partial charge in [-0.15, -0.1) is 0 Å². The number of benzene rings is 1. The van der Waals surface area contributed by atoms with E-state index in [4.69, 9.17) is 11.6 Å². The second-order valence-electron chi connectivity index (χ2n) is 6.52. The smallest absolute Gasteiger partial charge is 0.234 e. The lowest BCUT2D eigenvalue weighted by atomic mass is 10.1. The summed E-state index contributed by atoms with van der Waals surface area (Å²) >= 11 is 6.20. The molecule has 0 bridgehead atoms. The fraction of sp³-hybridized carbons (Fsp3) is 0.611. The molecule has 1 aromatic carbocycles. The Hall–Kier alpha value is -1.06. The highest BCUT2D eigenvalue weighted by Gasteiger charge is 2.26. The van der Waals surface area contributed by atoms with Crippen LogP contribution in [0.2, 0.25) is 5.02 Å². The number of carbonyl (C=O) groups is 1. The van der Waals surface area contributed by atoms with E-state index in [1.165, 1.54) is 25.7 Å². The number of amides is 1. The maximum Gasteiger partial charge on any atom is 0.234 e. The van der Waals surface area contributed by atoms with Crippen LogP contribution >= 0.6 is 11.6 Å². The van der Waals surface area contributed by atoms with Gasteiger partial charge in [0.05, 0.1) is 12.6 Å². The Balaban J connectivity index is 1.94. The highest BCUT2D eigenvalue weighted by Crippen LogP contribution is 2.25. The predicted octanol–water partition coefficient (Wildman–Crippen LogP) is 4.17. The molecule has 0 aliphatic heterocycles. The molecule has 3 nitrogen and oxygen atoms in total. The number of halogens is 1. The van der Waals surface area contributed by atoms with Gasteiger partial charge in [0.1, 0.15) is 0 Å². The van der Waals surface area contributed by atoms with Crippen molar-refractivity contribution in [1.82, 2.24) is 10.2 Å². The van der Waals surface area contributed by atoms with E-state index in [0.29, 0.717) is 23.7 Å². The quantitative estimate of drug-likeness (QED) is 0.852. The molecule has 1 aliphatic rings. The van der Waals surface area contributed by atoms with Crippen molar-refractivity contribution in [3.8, 4) is 0 Å². The molecule has 1 aliphatic carbocycles. The maximum atomic E-state index is 12.4. The minimum Gasteiger partial charge on any atom is -0.348 e. The van der Waals surface area contributed by atoms with Gasteiger partial charge in [0.15, 0.2) is 0 Å². The van der Waals surface area contributed by atoms with E-state index in [1.54, 1.807) is 0 Å². The zero-order chi connectivity index (χ0) is 16.1. The largest absolute Gasteiger partial charge is 0.348 e. The van der Waals surface area contributed by atoms with Crippen LogP contribution in [0.5, 0.6) is 0 Å². The number of nitrogens with one attached hydrogen (secondary N) is 1. The summed E-state index contributed by atoms with van der Waals surface area (Å²) in [4.78, 5) is 14.7. The molecule has 1 amide bonds. The first kappa shape index (κ1) is 17.3. The summed E-state index contributed by atoms with van der Waals surface area (Å²) in [5.41, 5.74) is 0.967. The van der Waals surface area contributed by atoms with Gasteiger partial charge in [-0.1, -0.05) is 42.6 Å². The molecule has 0 heterocycles. The minimum absolute atomic E-state index is 0.0706. The van der Waals surface area contributed by atoms with E-state index in [9.17, 15) is 4.79 Å². The van der Waals surface area contributed by atoms with Crippen molar-refractivity contribution in [1.29, 1.82) is 0 Å². The lowest BCUT2D eigenvalue weighted by Crippen LogP contribution is -2.46. The van der Waals surface area contributed by atoms with Gasteiger partial charge in [-0.2, -0.15) is 0 Å². The van der Waals surface area contributed by atoms with E-state index in [-0.39, 0.29) is 11.9 Å². The summed E-state index contributed by atoms with van der Waals surface area (Å²) < 4.78 is 0. The molecule has 0 spiro atoms. The van der Waals surface area contributed by atoms with Gasteiger partial charge in [0, 0.05) is 17.1 Å². The normalized spacial score (nSPS) is 17.2. The monoisotopic (exact) mass is 322 g/mol. The molecule has 1 saturated carbocycles. The third-order valence-electron chi connectivity index (χ3n) is 4.53. The summed E-state index contributed by atoms with van der Waals surface area (Å²) in [5.74, 6) is 0.0769. The SMILES string of the molecule is CC(NC(=O)CN(C(C)C)C1CCCC1)c1ccccc1Cl. The first-order valence-corrected chi connectivity index (χ1v) is 8.66. The van der Waals surface area contributed by atoms with Crippen LogP contribution in [-0.2, 0) is 4.79 Å². The third-order valence-corrected chi connectivity index (χ3v) is 4.88. The second kappa shape index (κ2) is 7.98. The van der Waals surface area contributed by atoms with Crippen molar-refractivity contribution >= 4 is 17.5 Å². The molecule has 0 aromatic heterocycles. The molecule has 0 saturated heterocycles. The van der Waals surface area contributed by atoms with Crippen LogP contribution in [0, 0.1) is 0 Å². The first-order valence-electron chi connectivity index (χ1n) is 8.28. The molecule has 1 aromatic rings. The van der Waals surface area contributed by atoms with Gasteiger partial charge in [-0.3, -0.25) is 9.69 Å². The number of hydrogen-bond acceptors (Lipinski definition) is 2. The molecule has 1 atom stereocenters. The highest BCUT2D eigenvalue weighted by molar-refractivity contribution is 6.31. The van der Waals surface area contributed by atoms with Gasteiger partial charge in [0.2, 0.25) is 5.91 Å². The maximum absolute atomic E-state index is 12.4. The van der Waals surface area contributed by atoms with Gasteiger partial charge >= 0.3 is 0 Å². The summed E-state index contributed by atoms with van der Waals surface area (Å²) in [5, 5.41) is 3.78. The van der Waals surface area contributed by atoms with Crippen LogP contribution < -0.4 is 5.32 Å². The summed E-state index contributed by atoms with van der Waals surface area (Å²) in [6.45, 7) is 6.79. The first-order chi connectivity index (χ1) is 10.5. The van der Waals surface area contributed by atoms with Crippen LogP contribution in [0.1, 0.15) is 58.1 Å². The topological polar surface area (TPSA) is 32.3 Å². The van der Waals surface area contributed by atoms with Crippen molar-refractivity contribution in [3.05, 3.63) is 34.9 Å². The molecule has 1 fully saturated rings. The van der Waals surface area contributed by atoms with Gasteiger partial charge in [0.25, 0.3) is 0 Å². The minimum atomic E-state index is -0.0706. The molecule has 2 rings (SSSR count). The van der Waals surface area contributed by atoms with Crippen LogP contribution in [0.15, 0.2) is 24.3 Å². The van der Waals surface area contributed by atoms with Crippen LogP contribution in [0.4, 0.5) is 0 Å². The zero-order valence-electron chi connectivity index (χ0n) is 13.8. The summed E-state index contributed by atoms with van der Waals surface area (Å²) in [6.07, 6.45) is 4.99. The van der Waals surface area contributed by atoms with Crippen LogP contribution in [0.25, 0.3) is 0 Å². The number of nitrogens with zero attached hydrogens (tertiary/aromatic N) is 1. The van der Waals surface area contributed by atoms with E-state index < -0.39 is 0 Å². The average molecular weight is 323 g/mol. The predicted molar refractivity (Wildman–Crippen MR) is 92.1 cm³/mol. The molecular formula is C18H27ClN2O. The molecule has 1 N–H and O–H groups in total. The zero-order valence-corrected chi connectivity index (χ0v) is 14.6. The van der Waals surface area contributed by atoms with Gasteiger partial charge < -0.3 is 5.32 Å². The second-order valence-corrected chi connectivity index (χ2v) is 6.92. The molecule has 4 heteroatoms. The van der Waals surface area contributed by atoms with E-state index in [0.717, 1.165) is 5.56 Å². The summed E-state index contributed by atoms with van der Waals surface area (Å²) in [7, 11) is 0. The lowest BCUT2D eigenvalue weighted by molar-refractivity contribution is -0.124. The van der Waals surface area contributed by atoms with Crippen molar-refractivity contribution < 1.29 is 4.79 Å².